The minimum absolute atomic E-state index is 0.0286. The van der Waals surface area contributed by atoms with Crippen LogP contribution < -0.4 is 15.5 Å². The van der Waals surface area contributed by atoms with Crippen LogP contribution in [0.3, 0.4) is 0 Å². The van der Waals surface area contributed by atoms with Crippen molar-refractivity contribution in [3.63, 3.8) is 0 Å². The molecule has 0 radical (unpaired) electrons. The van der Waals surface area contributed by atoms with E-state index in [1.54, 1.807) is 6.92 Å². The number of benzene rings is 1. The molecule has 1 atom stereocenters. The van der Waals surface area contributed by atoms with Gasteiger partial charge in [-0.15, -0.1) is 5.10 Å². The fourth-order valence-corrected chi connectivity index (χ4v) is 3.99. The van der Waals surface area contributed by atoms with Crippen LogP contribution in [0.2, 0.25) is 10.0 Å². The molecule has 192 valence electrons. The number of hydrogen-bond donors (Lipinski definition) is 2. The van der Waals surface area contributed by atoms with Crippen LogP contribution in [0.15, 0.2) is 30.6 Å². The molecule has 36 heavy (non-hydrogen) atoms. The van der Waals surface area contributed by atoms with Crippen molar-refractivity contribution in [3.8, 4) is 16.9 Å². The molecule has 3 amide bonds. The minimum Gasteiger partial charge on any atom is -0.485 e. The first-order valence-corrected chi connectivity index (χ1v) is 11.9. The van der Waals surface area contributed by atoms with Crippen molar-refractivity contribution >= 4 is 46.7 Å². The fraction of sp³-hybridized carbons (Fsp3) is 0.286. The van der Waals surface area contributed by atoms with Crippen molar-refractivity contribution < 1.29 is 27.5 Å². The number of carbonyl (C=O) groups excluding carboxylic acids is 2. The van der Waals surface area contributed by atoms with Crippen LogP contribution in [0.5, 0.6) is 5.75 Å². The Morgan fingerprint density at radius 2 is 1.97 bits per heavy atom. The van der Waals surface area contributed by atoms with Crippen LogP contribution in [0.25, 0.3) is 11.1 Å². The van der Waals surface area contributed by atoms with Crippen molar-refractivity contribution in [3.05, 3.63) is 57.0 Å². The average Bonchev–Trinajstić information content (AvgIpc) is 3.36. The van der Waals surface area contributed by atoms with Crippen molar-refractivity contribution in [2.24, 2.45) is 0 Å². The molecule has 1 aromatic carbocycles. The molecule has 0 aliphatic rings. The zero-order chi connectivity index (χ0) is 26.4. The topological polar surface area (TPSA) is 109 Å². The maximum absolute atomic E-state index is 15.0. The lowest BCUT2D eigenvalue weighted by Crippen LogP contribution is -2.51. The van der Waals surface area contributed by atoms with Gasteiger partial charge in [-0.3, -0.25) is 15.2 Å². The van der Waals surface area contributed by atoms with E-state index < -0.39 is 36.8 Å². The number of hydrazine groups is 1. The third-order valence-corrected chi connectivity index (χ3v) is 5.84. The molecule has 2 heterocycles. The third kappa shape index (κ3) is 6.74. The van der Waals surface area contributed by atoms with Gasteiger partial charge in [-0.05, 0) is 43.6 Å². The lowest BCUT2D eigenvalue weighted by atomic mass is 10.0. The summed E-state index contributed by atoms with van der Waals surface area (Å²) in [6.45, 7) is 2.32. The second-order valence-electron chi connectivity index (χ2n) is 7.20. The molecule has 0 saturated carbocycles. The lowest BCUT2D eigenvalue weighted by Gasteiger charge is -2.24. The largest absolute Gasteiger partial charge is 0.485 e. The lowest BCUT2D eigenvalue weighted by molar-refractivity contribution is 0.0821. The molecule has 0 aliphatic heterocycles. The van der Waals surface area contributed by atoms with Crippen LogP contribution in [-0.4, -0.2) is 51.1 Å². The first kappa shape index (κ1) is 27.4. The van der Waals surface area contributed by atoms with Gasteiger partial charge in [0.1, 0.15) is 23.1 Å². The van der Waals surface area contributed by atoms with Crippen molar-refractivity contribution in [1.29, 1.82) is 0 Å². The Labute approximate surface area is 217 Å². The van der Waals surface area contributed by atoms with E-state index in [0.29, 0.717) is 0 Å². The number of hydrogen-bond acceptors (Lipinski definition) is 7. The zero-order valence-corrected chi connectivity index (χ0v) is 21.1. The quantitative estimate of drug-likeness (QED) is 0.368. The van der Waals surface area contributed by atoms with Gasteiger partial charge in [0.25, 0.3) is 12.3 Å². The van der Waals surface area contributed by atoms with Crippen molar-refractivity contribution in [2.75, 3.05) is 13.2 Å². The fourth-order valence-electron chi connectivity index (χ4n) is 3.03. The Morgan fingerprint density at radius 3 is 2.58 bits per heavy atom. The van der Waals surface area contributed by atoms with Gasteiger partial charge in [-0.25, -0.2) is 23.0 Å². The van der Waals surface area contributed by atoms with Gasteiger partial charge in [-0.2, -0.15) is 0 Å². The van der Waals surface area contributed by atoms with Crippen LogP contribution in [0.4, 0.5) is 18.0 Å². The smallest absolute Gasteiger partial charge is 0.336 e. The monoisotopic (exact) mass is 562 g/mol. The summed E-state index contributed by atoms with van der Waals surface area (Å²) in [5.41, 5.74) is 2.64. The van der Waals surface area contributed by atoms with Crippen LogP contribution in [-0.2, 0) is 0 Å². The summed E-state index contributed by atoms with van der Waals surface area (Å²) in [5.74, 6) is -1.46. The summed E-state index contributed by atoms with van der Waals surface area (Å²) >= 11 is 13.0. The zero-order valence-electron chi connectivity index (χ0n) is 18.8. The number of rotatable bonds is 8. The molecule has 0 saturated heterocycles. The Balaban J connectivity index is 1.78. The first-order chi connectivity index (χ1) is 17.1. The van der Waals surface area contributed by atoms with E-state index in [1.165, 1.54) is 31.5 Å². The van der Waals surface area contributed by atoms with Crippen molar-refractivity contribution in [1.82, 2.24) is 30.3 Å². The Hall–Kier alpha value is -3.16. The predicted molar refractivity (Wildman–Crippen MR) is 128 cm³/mol. The maximum atomic E-state index is 15.0. The summed E-state index contributed by atoms with van der Waals surface area (Å²) in [4.78, 5) is 29.1. The highest BCUT2D eigenvalue weighted by Crippen LogP contribution is 2.39. The van der Waals surface area contributed by atoms with Crippen LogP contribution in [0.1, 0.15) is 35.3 Å². The van der Waals surface area contributed by atoms with E-state index >= 15 is 4.39 Å². The Morgan fingerprint density at radius 1 is 1.22 bits per heavy atom. The van der Waals surface area contributed by atoms with Gasteiger partial charge < -0.3 is 10.1 Å². The summed E-state index contributed by atoms with van der Waals surface area (Å²) in [6, 6.07) is 2.19. The minimum atomic E-state index is -2.75. The summed E-state index contributed by atoms with van der Waals surface area (Å²) in [6.07, 6.45) is -0.224. The van der Waals surface area contributed by atoms with Gasteiger partial charge in [0.15, 0.2) is 0 Å². The van der Waals surface area contributed by atoms with Crippen molar-refractivity contribution in [2.45, 2.75) is 26.3 Å². The second-order valence-corrected chi connectivity index (χ2v) is 8.82. The average molecular weight is 563 g/mol. The number of halogens is 5. The molecule has 0 bridgehead atoms. The summed E-state index contributed by atoms with van der Waals surface area (Å²) in [5, 5.41) is 7.27. The molecular weight excluding hydrogens is 544 g/mol. The Kier molecular flexibility index (Phi) is 9.29. The van der Waals surface area contributed by atoms with Gasteiger partial charge in [0, 0.05) is 28.9 Å². The van der Waals surface area contributed by atoms with E-state index in [4.69, 9.17) is 27.9 Å². The number of nitrogens with one attached hydrogen (secondary N) is 2. The summed E-state index contributed by atoms with van der Waals surface area (Å²) in [7, 11) is 0. The third-order valence-electron chi connectivity index (χ3n) is 4.68. The van der Waals surface area contributed by atoms with Gasteiger partial charge in [-0.1, -0.05) is 27.7 Å². The van der Waals surface area contributed by atoms with Gasteiger partial charge >= 0.3 is 6.03 Å². The number of aromatic nitrogens is 3. The normalized spacial score (nSPS) is 11.8. The van der Waals surface area contributed by atoms with E-state index in [0.717, 1.165) is 22.6 Å². The predicted octanol–water partition coefficient (Wildman–Crippen LogP) is 5.13. The maximum Gasteiger partial charge on any atom is 0.336 e. The standard InChI is InChI=1S/C21H19Cl2F3N6O3S/c1-3-32(30-20(33)16-8-28-31-36-16)21(34)29-10(2)18-15(24)4-11(7-27-18)13-5-12(22)6-14(23)19(13)35-9-17(25)26/h4-8,10,17H,3,9H2,1-2H3,(H,29,34)(H,30,33)/t10-/m1/s1. The molecule has 9 nitrogen and oxygen atoms in total. The van der Waals surface area contributed by atoms with E-state index in [2.05, 4.69) is 25.3 Å². The molecule has 15 heteroatoms. The SMILES string of the molecule is CCN(NC(=O)c1cnns1)C(=O)N[C@H](C)c1ncc(-c2cc(Cl)cc(Cl)c2OCC(F)F)cc1F. The van der Waals surface area contributed by atoms with Crippen LogP contribution in [0, 0.1) is 5.82 Å². The molecular formula is C21H19Cl2F3N6O3S. The molecule has 2 aromatic heterocycles. The molecule has 0 spiro atoms. The first-order valence-electron chi connectivity index (χ1n) is 10.3. The highest BCUT2D eigenvalue weighted by molar-refractivity contribution is 7.07. The number of carbonyl (C=O) groups is 2. The second kappa shape index (κ2) is 12.2. The molecule has 0 aliphatic carbocycles. The van der Waals surface area contributed by atoms with Gasteiger partial charge in [0.05, 0.1) is 23.0 Å². The number of ether oxygens (including phenoxy) is 1. The van der Waals surface area contributed by atoms with E-state index in [1.807, 2.05) is 0 Å². The molecule has 2 N–H and O–H groups in total. The van der Waals surface area contributed by atoms with E-state index in [9.17, 15) is 18.4 Å². The molecule has 0 unspecified atom stereocenters. The Bertz CT molecular complexity index is 1240. The summed E-state index contributed by atoms with van der Waals surface area (Å²) < 4.78 is 49.1. The van der Waals surface area contributed by atoms with Crippen LogP contribution >= 0.6 is 34.7 Å². The number of nitrogens with zero attached hydrogens (tertiary/aromatic N) is 4. The highest BCUT2D eigenvalue weighted by atomic mass is 35.5. The van der Waals surface area contributed by atoms with E-state index in [-0.39, 0.29) is 44.0 Å². The molecule has 3 aromatic rings. The number of amides is 3. The van der Waals surface area contributed by atoms with Gasteiger partial charge in [0.2, 0.25) is 0 Å². The molecule has 0 fully saturated rings. The highest BCUT2D eigenvalue weighted by Gasteiger charge is 2.23. The molecule has 3 rings (SSSR count). The number of alkyl halides is 2. The number of pyridine rings is 1. The number of urea groups is 1.